The molecular weight excluding hydrogens is 464 g/mol. The minimum absolute atomic E-state index is 0.119. The van der Waals surface area contributed by atoms with Crippen LogP contribution in [0.4, 0.5) is 0 Å². The summed E-state index contributed by atoms with van der Waals surface area (Å²) in [5.74, 6) is -0.152. The van der Waals surface area contributed by atoms with E-state index in [1.54, 1.807) is 32.1 Å². The Morgan fingerprint density at radius 1 is 1.27 bits per heavy atom. The Morgan fingerprint density at radius 3 is 2.55 bits per heavy atom. The molecule has 0 radical (unpaired) electrons. The van der Waals surface area contributed by atoms with Gasteiger partial charge in [0.15, 0.2) is 16.3 Å². The lowest BCUT2D eigenvalue weighted by molar-refractivity contribution is -0.139. The Balaban J connectivity index is 1.93. The third-order valence-corrected chi connectivity index (χ3v) is 7.04. The number of carbonyl (C=O) groups is 1. The summed E-state index contributed by atoms with van der Waals surface area (Å²) >= 11 is 2.68. The summed E-state index contributed by atoms with van der Waals surface area (Å²) in [5.41, 5.74) is 1.21. The molecule has 0 saturated carbocycles. The largest absolute Gasteiger partial charge is 0.502 e. The zero-order valence-corrected chi connectivity index (χ0v) is 20.1. The number of fused-ring (bicyclic) bond motifs is 1. The highest BCUT2D eigenvalue weighted by molar-refractivity contribution is 7.10. The zero-order chi connectivity index (χ0) is 23.7. The van der Waals surface area contributed by atoms with Crippen LogP contribution in [0.3, 0.4) is 0 Å². The molecule has 10 heteroatoms. The second kappa shape index (κ2) is 9.24. The van der Waals surface area contributed by atoms with Crippen molar-refractivity contribution in [3.05, 3.63) is 71.0 Å². The molecule has 33 heavy (non-hydrogen) atoms. The normalized spacial score (nSPS) is 15.8. The van der Waals surface area contributed by atoms with Gasteiger partial charge in [0.25, 0.3) is 5.56 Å². The summed E-state index contributed by atoms with van der Waals surface area (Å²) in [6.07, 6.45) is 1.68. The summed E-state index contributed by atoms with van der Waals surface area (Å²) in [5, 5.41) is 12.1. The summed E-state index contributed by atoms with van der Waals surface area (Å²) < 4.78 is 17.7. The number of benzene rings is 1. The second-order valence-electron chi connectivity index (χ2n) is 7.09. The van der Waals surface area contributed by atoms with Gasteiger partial charge in [0, 0.05) is 4.88 Å². The molecule has 0 saturated heterocycles. The molecule has 1 aliphatic rings. The Hall–Kier alpha value is -3.37. The van der Waals surface area contributed by atoms with Crippen molar-refractivity contribution in [3.8, 4) is 17.2 Å². The molecule has 1 aromatic carbocycles. The third kappa shape index (κ3) is 4.07. The van der Waals surface area contributed by atoms with Gasteiger partial charge in [-0.15, -0.1) is 11.3 Å². The number of hydrogen-bond donors (Lipinski definition) is 1. The van der Waals surface area contributed by atoms with Crippen LogP contribution in [0.25, 0.3) is 6.08 Å². The van der Waals surface area contributed by atoms with E-state index in [0.717, 1.165) is 4.88 Å². The molecule has 0 spiro atoms. The zero-order valence-electron chi connectivity index (χ0n) is 18.4. The first-order valence-electron chi connectivity index (χ1n) is 10.1. The fourth-order valence-electron chi connectivity index (χ4n) is 3.66. The van der Waals surface area contributed by atoms with Crippen molar-refractivity contribution in [2.45, 2.75) is 19.9 Å². The first-order valence-corrected chi connectivity index (χ1v) is 11.8. The van der Waals surface area contributed by atoms with E-state index in [-0.39, 0.29) is 29.4 Å². The number of aromatic nitrogens is 1. The molecule has 8 nitrogen and oxygen atoms in total. The van der Waals surface area contributed by atoms with Crippen molar-refractivity contribution in [1.29, 1.82) is 0 Å². The highest BCUT2D eigenvalue weighted by atomic mass is 32.1. The number of thiophene rings is 1. The average molecular weight is 487 g/mol. The predicted molar refractivity (Wildman–Crippen MR) is 126 cm³/mol. The van der Waals surface area contributed by atoms with E-state index in [1.165, 1.54) is 41.5 Å². The predicted octanol–water partition coefficient (Wildman–Crippen LogP) is 2.58. The van der Waals surface area contributed by atoms with Gasteiger partial charge in [-0.3, -0.25) is 9.36 Å². The Morgan fingerprint density at radius 2 is 1.97 bits per heavy atom. The maximum Gasteiger partial charge on any atom is 0.338 e. The summed E-state index contributed by atoms with van der Waals surface area (Å²) in [6.45, 7) is 3.71. The van der Waals surface area contributed by atoms with Crippen molar-refractivity contribution in [2.24, 2.45) is 4.99 Å². The van der Waals surface area contributed by atoms with E-state index >= 15 is 0 Å². The van der Waals surface area contributed by atoms with Crippen LogP contribution in [0.1, 0.15) is 30.3 Å². The van der Waals surface area contributed by atoms with Crippen molar-refractivity contribution < 1.29 is 24.1 Å². The topological polar surface area (TPSA) is 99.4 Å². The van der Waals surface area contributed by atoms with Crippen LogP contribution >= 0.6 is 22.7 Å². The van der Waals surface area contributed by atoms with E-state index in [9.17, 15) is 14.7 Å². The van der Waals surface area contributed by atoms with Gasteiger partial charge < -0.3 is 19.3 Å². The van der Waals surface area contributed by atoms with Gasteiger partial charge in [-0.25, -0.2) is 9.79 Å². The Labute approximate surface area is 197 Å². The molecule has 1 N–H and O–H groups in total. The Bertz CT molecular complexity index is 1390. The van der Waals surface area contributed by atoms with E-state index in [4.69, 9.17) is 14.2 Å². The number of esters is 1. The molecule has 0 fully saturated rings. The summed E-state index contributed by atoms with van der Waals surface area (Å²) in [4.78, 5) is 32.2. The molecule has 172 valence electrons. The highest BCUT2D eigenvalue weighted by Gasteiger charge is 2.33. The number of nitrogens with zero attached hydrogens (tertiary/aromatic N) is 2. The standard InChI is InChI=1S/C23H22N2O6S2/c1-5-31-22(28)18-12(2)24-23-25(19(18)16-7-6-8-32-16)21(27)17(33-23)11-13-9-14(29-3)20(26)15(10-13)30-4/h6-11,19,26H,5H2,1-4H3/b17-11+/t19-/m0/s1. The molecule has 1 aliphatic heterocycles. The number of rotatable bonds is 6. The van der Waals surface area contributed by atoms with E-state index in [1.807, 2.05) is 17.5 Å². The fraction of sp³-hybridized carbons (Fsp3) is 0.261. The first-order chi connectivity index (χ1) is 15.9. The van der Waals surface area contributed by atoms with Gasteiger partial charge >= 0.3 is 5.97 Å². The monoisotopic (exact) mass is 486 g/mol. The number of allylic oxidation sites excluding steroid dienone is 1. The molecule has 0 unspecified atom stereocenters. The average Bonchev–Trinajstić information content (AvgIpc) is 3.42. The van der Waals surface area contributed by atoms with Crippen LogP contribution in [0, 0.1) is 0 Å². The molecule has 2 aromatic heterocycles. The second-order valence-corrected chi connectivity index (χ2v) is 9.08. The van der Waals surface area contributed by atoms with Gasteiger partial charge in [-0.2, -0.15) is 0 Å². The fourth-order valence-corrected chi connectivity index (χ4v) is 5.53. The number of phenols is 1. The van der Waals surface area contributed by atoms with Crippen molar-refractivity contribution in [3.63, 3.8) is 0 Å². The molecular formula is C23H22N2O6S2. The molecule has 0 amide bonds. The molecule has 0 bridgehead atoms. The number of carbonyl (C=O) groups excluding carboxylic acids is 1. The first kappa shape index (κ1) is 22.8. The number of hydrogen-bond acceptors (Lipinski definition) is 9. The van der Waals surface area contributed by atoms with Gasteiger partial charge in [-0.05, 0) is 49.1 Å². The van der Waals surface area contributed by atoms with E-state index in [2.05, 4.69) is 4.99 Å². The number of aromatic hydroxyl groups is 1. The lowest BCUT2D eigenvalue weighted by Gasteiger charge is -2.23. The van der Waals surface area contributed by atoms with Crippen molar-refractivity contribution >= 4 is 34.7 Å². The lowest BCUT2D eigenvalue weighted by atomic mass is 10.0. The number of methoxy groups -OCH3 is 2. The number of ether oxygens (including phenoxy) is 3. The molecule has 3 heterocycles. The number of phenolic OH excluding ortho intramolecular Hbond substituents is 1. The minimum atomic E-state index is -0.619. The summed E-state index contributed by atoms with van der Waals surface area (Å²) in [7, 11) is 2.87. The molecule has 3 aromatic rings. The smallest absolute Gasteiger partial charge is 0.338 e. The minimum Gasteiger partial charge on any atom is -0.502 e. The molecule has 4 rings (SSSR count). The Kier molecular flexibility index (Phi) is 6.39. The van der Waals surface area contributed by atoms with E-state index < -0.39 is 12.0 Å². The summed E-state index contributed by atoms with van der Waals surface area (Å²) in [6, 6.07) is 6.37. The van der Waals surface area contributed by atoms with Crippen LogP contribution in [0.5, 0.6) is 17.2 Å². The van der Waals surface area contributed by atoms with E-state index in [0.29, 0.717) is 26.2 Å². The SMILES string of the molecule is CCOC(=O)C1=C(C)N=c2s/c(=C/c3cc(OC)c(O)c(OC)c3)c(=O)n2[C@H]1c1cccs1. The van der Waals surface area contributed by atoms with Gasteiger partial charge in [0.2, 0.25) is 5.75 Å². The van der Waals surface area contributed by atoms with Gasteiger partial charge in [0.1, 0.15) is 6.04 Å². The van der Waals surface area contributed by atoms with Crippen LogP contribution in [-0.2, 0) is 9.53 Å². The van der Waals surface area contributed by atoms with Crippen molar-refractivity contribution in [2.75, 3.05) is 20.8 Å². The lowest BCUT2D eigenvalue weighted by Crippen LogP contribution is -2.39. The van der Waals surface area contributed by atoms with Crippen LogP contribution < -0.4 is 24.4 Å². The van der Waals surface area contributed by atoms with Gasteiger partial charge in [0.05, 0.1) is 36.6 Å². The van der Waals surface area contributed by atoms with Crippen LogP contribution in [0.2, 0.25) is 0 Å². The van der Waals surface area contributed by atoms with Crippen LogP contribution in [0.15, 0.2) is 50.7 Å². The maximum absolute atomic E-state index is 13.5. The van der Waals surface area contributed by atoms with Crippen molar-refractivity contribution in [1.82, 2.24) is 4.57 Å². The maximum atomic E-state index is 13.5. The quantitative estimate of drug-likeness (QED) is 0.538. The highest BCUT2D eigenvalue weighted by Crippen LogP contribution is 2.37. The van der Waals surface area contributed by atoms with Gasteiger partial charge in [-0.1, -0.05) is 17.4 Å². The third-order valence-electron chi connectivity index (χ3n) is 5.13. The molecule has 0 aliphatic carbocycles. The van der Waals surface area contributed by atoms with Crippen LogP contribution in [-0.4, -0.2) is 36.5 Å². The number of thiazole rings is 1. The molecule has 1 atom stereocenters.